The quantitative estimate of drug-likeness (QED) is 0.221. The van der Waals surface area contributed by atoms with Crippen LogP contribution in [0, 0.1) is 0 Å². The average Bonchev–Trinajstić information content (AvgIpc) is 3.22. The van der Waals surface area contributed by atoms with Gasteiger partial charge in [-0.05, 0) is 42.0 Å². The first-order chi connectivity index (χ1) is 15.6. The van der Waals surface area contributed by atoms with E-state index in [1.165, 1.54) is 0 Å². The third-order valence-corrected chi connectivity index (χ3v) is 6.31. The summed E-state index contributed by atoms with van der Waals surface area (Å²) in [5.74, 6) is 1.41. The molecule has 32 heavy (non-hydrogen) atoms. The van der Waals surface area contributed by atoms with Crippen LogP contribution in [0.4, 0.5) is 5.69 Å². The SMILES string of the molecule is C=CCn1c(SCc2ccc(C(=O)Nc3ccccc3)cc2)nnc1-c1ccc(Br)cc1. The molecule has 3 aromatic carbocycles. The van der Waals surface area contributed by atoms with Gasteiger partial charge in [-0.25, -0.2) is 0 Å². The van der Waals surface area contributed by atoms with Gasteiger partial charge in [0.2, 0.25) is 0 Å². The molecule has 0 saturated carbocycles. The number of nitrogens with zero attached hydrogens (tertiary/aromatic N) is 3. The van der Waals surface area contributed by atoms with Gasteiger partial charge < -0.3 is 5.32 Å². The second-order valence-electron chi connectivity index (χ2n) is 7.02. The molecule has 0 aliphatic rings. The van der Waals surface area contributed by atoms with Gasteiger partial charge in [0.25, 0.3) is 5.91 Å². The Hall–Kier alpha value is -3.16. The molecule has 4 rings (SSSR count). The minimum Gasteiger partial charge on any atom is -0.322 e. The van der Waals surface area contributed by atoms with E-state index in [1.54, 1.807) is 11.8 Å². The number of benzene rings is 3. The molecule has 1 heterocycles. The topological polar surface area (TPSA) is 59.8 Å². The Labute approximate surface area is 199 Å². The normalized spacial score (nSPS) is 10.7. The monoisotopic (exact) mass is 504 g/mol. The van der Waals surface area contributed by atoms with Gasteiger partial charge in [0.15, 0.2) is 11.0 Å². The number of para-hydroxylation sites is 1. The van der Waals surface area contributed by atoms with E-state index in [0.29, 0.717) is 12.1 Å². The summed E-state index contributed by atoms with van der Waals surface area (Å²) in [6, 6.07) is 25.1. The minimum atomic E-state index is -0.125. The minimum absolute atomic E-state index is 0.125. The molecule has 0 saturated heterocycles. The van der Waals surface area contributed by atoms with Crippen molar-refractivity contribution in [3.63, 3.8) is 0 Å². The van der Waals surface area contributed by atoms with E-state index in [9.17, 15) is 4.79 Å². The zero-order valence-electron chi connectivity index (χ0n) is 17.2. The van der Waals surface area contributed by atoms with Crippen molar-refractivity contribution >= 4 is 39.3 Å². The van der Waals surface area contributed by atoms with E-state index in [2.05, 4.69) is 42.6 Å². The number of hydrogen-bond acceptors (Lipinski definition) is 4. The van der Waals surface area contributed by atoms with Crippen LogP contribution in [0.5, 0.6) is 0 Å². The maximum Gasteiger partial charge on any atom is 0.255 e. The van der Waals surface area contributed by atoms with Crippen LogP contribution in [0.3, 0.4) is 0 Å². The number of aromatic nitrogens is 3. The van der Waals surface area contributed by atoms with Crippen molar-refractivity contribution in [1.29, 1.82) is 0 Å². The number of hydrogen-bond donors (Lipinski definition) is 1. The molecule has 160 valence electrons. The molecular formula is C25H21BrN4OS. The molecule has 4 aromatic rings. The first-order valence-corrected chi connectivity index (χ1v) is 11.8. The van der Waals surface area contributed by atoms with Crippen molar-refractivity contribution in [1.82, 2.24) is 14.8 Å². The van der Waals surface area contributed by atoms with Crippen LogP contribution >= 0.6 is 27.7 Å². The first-order valence-electron chi connectivity index (χ1n) is 10.0. The Kier molecular flexibility index (Phi) is 7.19. The molecule has 0 fully saturated rings. The number of anilines is 1. The molecule has 0 unspecified atom stereocenters. The summed E-state index contributed by atoms with van der Waals surface area (Å²) in [6.45, 7) is 4.49. The predicted octanol–water partition coefficient (Wildman–Crippen LogP) is 6.44. The first kappa shape index (κ1) is 22.0. The maximum atomic E-state index is 12.4. The van der Waals surface area contributed by atoms with E-state index >= 15 is 0 Å². The van der Waals surface area contributed by atoms with Gasteiger partial charge in [-0.3, -0.25) is 9.36 Å². The molecule has 0 bridgehead atoms. The largest absolute Gasteiger partial charge is 0.322 e. The number of nitrogens with one attached hydrogen (secondary N) is 1. The second-order valence-corrected chi connectivity index (χ2v) is 8.88. The van der Waals surface area contributed by atoms with Crippen LogP contribution < -0.4 is 5.32 Å². The smallest absolute Gasteiger partial charge is 0.255 e. The van der Waals surface area contributed by atoms with Crippen molar-refractivity contribution in [2.75, 3.05) is 5.32 Å². The Balaban J connectivity index is 1.43. The molecule has 7 heteroatoms. The van der Waals surface area contributed by atoms with Crippen LogP contribution in [-0.2, 0) is 12.3 Å². The van der Waals surface area contributed by atoms with Gasteiger partial charge in [0, 0.05) is 33.6 Å². The highest BCUT2D eigenvalue weighted by atomic mass is 79.9. The van der Waals surface area contributed by atoms with Gasteiger partial charge in [-0.2, -0.15) is 0 Å². The summed E-state index contributed by atoms with van der Waals surface area (Å²) >= 11 is 5.07. The van der Waals surface area contributed by atoms with E-state index in [-0.39, 0.29) is 5.91 Å². The molecule has 1 aromatic heterocycles. The van der Waals surface area contributed by atoms with Gasteiger partial charge in [0.05, 0.1) is 0 Å². The van der Waals surface area contributed by atoms with Crippen molar-refractivity contribution in [2.45, 2.75) is 17.5 Å². The molecule has 0 aliphatic heterocycles. The highest BCUT2D eigenvalue weighted by Gasteiger charge is 2.14. The lowest BCUT2D eigenvalue weighted by Gasteiger charge is -2.08. The third kappa shape index (κ3) is 5.36. The summed E-state index contributed by atoms with van der Waals surface area (Å²) in [5, 5.41) is 12.5. The highest BCUT2D eigenvalue weighted by molar-refractivity contribution is 9.10. The summed E-state index contributed by atoms with van der Waals surface area (Å²) < 4.78 is 3.08. The van der Waals surface area contributed by atoms with Crippen LogP contribution in [0.1, 0.15) is 15.9 Å². The predicted molar refractivity (Wildman–Crippen MR) is 134 cm³/mol. The number of amides is 1. The van der Waals surface area contributed by atoms with Crippen molar-refractivity contribution in [2.24, 2.45) is 0 Å². The second kappa shape index (κ2) is 10.4. The number of carbonyl (C=O) groups is 1. The fourth-order valence-electron chi connectivity index (χ4n) is 3.13. The molecule has 1 amide bonds. The van der Waals surface area contributed by atoms with Crippen LogP contribution in [0.15, 0.2) is 101 Å². The lowest BCUT2D eigenvalue weighted by Crippen LogP contribution is -2.11. The van der Waals surface area contributed by atoms with E-state index < -0.39 is 0 Å². The van der Waals surface area contributed by atoms with E-state index in [0.717, 1.165) is 38.0 Å². The standard InChI is InChI=1S/C25H21BrN4OS/c1-2-16-30-23(19-12-14-21(26)15-13-19)28-29-25(30)32-17-18-8-10-20(11-9-18)24(31)27-22-6-4-3-5-7-22/h2-15H,1,16-17H2,(H,27,31). The van der Waals surface area contributed by atoms with E-state index in [4.69, 9.17) is 0 Å². The van der Waals surface area contributed by atoms with Crippen LogP contribution in [0.25, 0.3) is 11.4 Å². The molecule has 0 radical (unpaired) electrons. The van der Waals surface area contributed by atoms with Crippen molar-refractivity contribution < 1.29 is 4.79 Å². The van der Waals surface area contributed by atoms with Gasteiger partial charge in [-0.15, -0.1) is 16.8 Å². The zero-order valence-corrected chi connectivity index (χ0v) is 19.6. The van der Waals surface area contributed by atoms with Gasteiger partial charge >= 0.3 is 0 Å². The molecule has 0 aliphatic carbocycles. The lowest BCUT2D eigenvalue weighted by molar-refractivity contribution is 0.102. The third-order valence-electron chi connectivity index (χ3n) is 4.75. The fraction of sp³-hybridized carbons (Fsp3) is 0.0800. The van der Waals surface area contributed by atoms with Gasteiger partial charge in [0.1, 0.15) is 0 Å². The Morgan fingerprint density at radius 2 is 1.72 bits per heavy atom. The Morgan fingerprint density at radius 1 is 1.00 bits per heavy atom. The molecule has 0 atom stereocenters. The number of carbonyl (C=O) groups excluding carboxylic acids is 1. The summed E-state index contributed by atoms with van der Waals surface area (Å²) in [6.07, 6.45) is 1.84. The fourth-order valence-corrected chi connectivity index (χ4v) is 4.29. The average molecular weight is 505 g/mol. The molecule has 5 nitrogen and oxygen atoms in total. The van der Waals surface area contributed by atoms with Gasteiger partial charge in [-0.1, -0.05) is 76.2 Å². The number of thioether (sulfide) groups is 1. The Bertz CT molecular complexity index is 1210. The lowest BCUT2D eigenvalue weighted by atomic mass is 10.1. The van der Waals surface area contributed by atoms with E-state index in [1.807, 2.05) is 84.9 Å². The maximum absolute atomic E-state index is 12.4. The molecule has 1 N–H and O–H groups in total. The summed E-state index contributed by atoms with van der Waals surface area (Å²) in [7, 11) is 0. The zero-order chi connectivity index (χ0) is 22.3. The highest BCUT2D eigenvalue weighted by Crippen LogP contribution is 2.27. The van der Waals surface area contributed by atoms with Crippen LogP contribution in [0.2, 0.25) is 0 Å². The number of allylic oxidation sites excluding steroid dienone is 1. The molecule has 0 spiro atoms. The number of halogens is 1. The van der Waals surface area contributed by atoms with Crippen molar-refractivity contribution in [3.8, 4) is 11.4 Å². The Morgan fingerprint density at radius 3 is 2.41 bits per heavy atom. The van der Waals surface area contributed by atoms with Crippen molar-refractivity contribution in [3.05, 3.63) is 107 Å². The number of rotatable bonds is 8. The molecular weight excluding hydrogens is 484 g/mol. The van der Waals surface area contributed by atoms with Crippen LogP contribution in [-0.4, -0.2) is 20.7 Å². The summed E-state index contributed by atoms with van der Waals surface area (Å²) in [5.41, 5.74) is 3.50. The summed E-state index contributed by atoms with van der Waals surface area (Å²) in [4.78, 5) is 12.4.